The number of nitrogens with one attached hydrogen (secondary N) is 1. The van der Waals surface area contributed by atoms with E-state index in [1.54, 1.807) is 17.0 Å². The predicted octanol–water partition coefficient (Wildman–Crippen LogP) is 6.78. The number of amides is 2. The van der Waals surface area contributed by atoms with Gasteiger partial charge in [-0.1, -0.05) is 84.7 Å². The van der Waals surface area contributed by atoms with Crippen LogP contribution in [0.5, 0.6) is 0 Å². The first-order chi connectivity index (χ1) is 17.4. The van der Waals surface area contributed by atoms with Crippen molar-refractivity contribution in [2.75, 3.05) is 5.75 Å². The van der Waals surface area contributed by atoms with Gasteiger partial charge in [0.25, 0.3) is 0 Å². The van der Waals surface area contributed by atoms with E-state index in [4.69, 9.17) is 23.2 Å². The molecule has 1 N–H and O–H groups in total. The monoisotopic (exact) mass is 542 g/mol. The Balaban J connectivity index is 1.84. The lowest BCUT2D eigenvalue weighted by atomic mass is 10.0. The van der Waals surface area contributed by atoms with Crippen LogP contribution in [0.4, 0.5) is 0 Å². The van der Waals surface area contributed by atoms with Crippen LogP contribution >= 0.6 is 35.0 Å². The molecule has 7 heteroatoms. The number of rotatable bonds is 12. The maximum Gasteiger partial charge on any atom is 0.243 e. The lowest BCUT2D eigenvalue weighted by molar-refractivity contribution is -0.139. The number of hydrogen-bond acceptors (Lipinski definition) is 3. The summed E-state index contributed by atoms with van der Waals surface area (Å²) < 4.78 is 0. The van der Waals surface area contributed by atoms with Crippen molar-refractivity contribution in [3.63, 3.8) is 0 Å². The van der Waals surface area contributed by atoms with Crippen LogP contribution in [0.3, 0.4) is 0 Å². The summed E-state index contributed by atoms with van der Waals surface area (Å²) >= 11 is 13.6. The maximum absolute atomic E-state index is 13.6. The number of carbonyl (C=O) groups is 2. The maximum atomic E-state index is 13.6. The van der Waals surface area contributed by atoms with Gasteiger partial charge in [0, 0.05) is 34.8 Å². The molecule has 0 aromatic heterocycles. The third-order valence-corrected chi connectivity index (χ3v) is 7.44. The van der Waals surface area contributed by atoms with E-state index < -0.39 is 6.04 Å². The highest BCUT2D eigenvalue weighted by Gasteiger charge is 2.30. The molecule has 0 saturated heterocycles. The van der Waals surface area contributed by atoms with Gasteiger partial charge < -0.3 is 10.2 Å². The Bertz CT molecular complexity index is 1110. The predicted molar refractivity (Wildman–Crippen MR) is 151 cm³/mol. The van der Waals surface area contributed by atoms with Crippen LogP contribution in [0.25, 0.3) is 0 Å². The fourth-order valence-corrected chi connectivity index (χ4v) is 4.82. The minimum absolute atomic E-state index is 0.0162. The molecular weight excluding hydrogens is 511 g/mol. The summed E-state index contributed by atoms with van der Waals surface area (Å²) in [6.45, 7) is 4.33. The Morgan fingerprint density at radius 3 is 2.03 bits per heavy atom. The van der Waals surface area contributed by atoms with E-state index in [9.17, 15) is 9.59 Å². The number of halogens is 2. The van der Waals surface area contributed by atoms with Crippen LogP contribution in [-0.4, -0.2) is 34.6 Å². The van der Waals surface area contributed by atoms with Crippen LogP contribution in [0, 0.1) is 0 Å². The molecule has 4 nitrogen and oxygen atoms in total. The van der Waals surface area contributed by atoms with E-state index in [0.717, 1.165) is 23.1 Å². The summed E-state index contributed by atoms with van der Waals surface area (Å²) in [6, 6.07) is 24.2. The molecule has 36 heavy (non-hydrogen) atoms. The van der Waals surface area contributed by atoms with Crippen molar-refractivity contribution in [2.45, 2.75) is 51.1 Å². The average Bonchev–Trinajstić information content (AvgIpc) is 2.88. The summed E-state index contributed by atoms with van der Waals surface area (Å²) in [5, 5.41) is 4.41. The molecule has 0 bridgehead atoms. The van der Waals surface area contributed by atoms with Crippen molar-refractivity contribution in [3.8, 4) is 0 Å². The highest BCUT2D eigenvalue weighted by Crippen LogP contribution is 2.20. The third-order valence-electron chi connectivity index (χ3n) is 5.95. The number of hydrogen-bond donors (Lipinski definition) is 1. The molecular formula is C29H32Cl2N2O2S. The van der Waals surface area contributed by atoms with Crippen molar-refractivity contribution in [2.24, 2.45) is 0 Å². The zero-order chi connectivity index (χ0) is 25.9. The Morgan fingerprint density at radius 2 is 1.44 bits per heavy atom. The molecule has 3 aromatic carbocycles. The van der Waals surface area contributed by atoms with Gasteiger partial charge in [0.2, 0.25) is 11.8 Å². The van der Waals surface area contributed by atoms with E-state index in [1.807, 2.05) is 80.6 Å². The molecule has 0 spiro atoms. The molecule has 0 aliphatic rings. The molecule has 0 fully saturated rings. The smallest absolute Gasteiger partial charge is 0.243 e. The second-order valence-corrected chi connectivity index (χ2v) is 10.6. The fourth-order valence-electron chi connectivity index (χ4n) is 3.70. The van der Waals surface area contributed by atoms with Gasteiger partial charge in [-0.15, -0.1) is 11.8 Å². The van der Waals surface area contributed by atoms with E-state index in [0.29, 0.717) is 28.8 Å². The molecule has 3 aromatic rings. The Morgan fingerprint density at radius 1 is 0.861 bits per heavy atom. The second kappa shape index (κ2) is 14.3. The highest BCUT2D eigenvalue weighted by molar-refractivity contribution is 7.99. The average molecular weight is 544 g/mol. The first kappa shape index (κ1) is 28.1. The molecule has 0 heterocycles. The van der Waals surface area contributed by atoms with Gasteiger partial charge in [0.1, 0.15) is 6.04 Å². The summed E-state index contributed by atoms with van der Waals surface area (Å²) in [5.41, 5.74) is 3.02. The van der Waals surface area contributed by atoms with Gasteiger partial charge in [-0.05, 0) is 54.3 Å². The normalized spacial score (nSPS) is 12.6. The van der Waals surface area contributed by atoms with Crippen molar-refractivity contribution < 1.29 is 9.59 Å². The van der Waals surface area contributed by atoms with Crippen molar-refractivity contribution >= 4 is 46.8 Å². The van der Waals surface area contributed by atoms with E-state index in [-0.39, 0.29) is 23.6 Å². The van der Waals surface area contributed by atoms with Gasteiger partial charge in [0.05, 0.1) is 5.75 Å². The lowest BCUT2D eigenvalue weighted by Crippen LogP contribution is -2.52. The van der Waals surface area contributed by atoms with E-state index in [2.05, 4.69) is 5.32 Å². The second-order valence-electron chi connectivity index (χ2n) is 8.79. The van der Waals surface area contributed by atoms with Crippen LogP contribution in [0.2, 0.25) is 10.0 Å². The number of benzene rings is 3. The largest absolute Gasteiger partial charge is 0.352 e. The van der Waals surface area contributed by atoms with Gasteiger partial charge in [0.15, 0.2) is 0 Å². The minimum Gasteiger partial charge on any atom is -0.352 e. The molecule has 190 valence electrons. The Kier molecular flexibility index (Phi) is 11.2. The lowest BCUT2D eigenvalue weighted by Gasteiger charge is -2.32. The summed E-state index contributed by atoms with van der Waals surface area (Å²) in [7, 11) is 0. The summed E-state index contributed by atoms with van der Waals surface area (Å²) in [6.07, 6.45) is 1.25. The Labute approximate surface area is 228 Å². The first-order valence-electron chi connectivity index (χ1n) is 12.1. The topological polar surface area (TPSA) is 49.4 Å². The SMILES string of the molecule is CCC(C)NC(=O)C(Cc1ccccc1)N(Cc1ccc(Cl)cc1)C(=O)CSCc1ccc(Cl)cc1. The summed E-state index contributed by atoms with van der Waals surface area (Å²) in [4.78, 5) is 28.8. The molecule has 3 rings (SSSR count). The zero-order valence-corrected chi connectivity index (χ0v) is 23.0. The van der Waals surface area contributed by atoms with Crippen molar-refractivity contribution in [3.05, 3.63) is 106 Å². The molecule has 0 saturated carbocycles. The van der Waals surface area contributed by atoms with Crippen LogP contribution in [0.15, 0.2) is 78.9 Å². The molecule has 0 aliphatic heterocycles. The molecule has 0 aliphatic carbocycles. The molecule has 2 atom stereocenters. The van der Waals surface area contributed by atoms with Crippen LogP contribution < -0.4 is 5.32 Å². The van der Waals surface area contributed by atoms with Crippen molar-refractivity contribution in [1.29, 1.82) is 0 Å². The molecule has 2 amide bonds. The minimum atomic E-state index is -0.638. The Hall–Kier alpha value is -2.47. The quantitative estimate of drug-likeness (QED) is 0.274. The van der Waals surface area contributed by atoms with Gasteiger partial charge in [-0.25, -0.2) is 0 Å². The first-order valence-corrected chi connectivity index (χ1v) is 14.0. The van der Waals surface area contributed by atoms with Crippen LogP contribution in [-0.2, 0) is 28.3 Å². The molecule has 0 radical (unpaired) electrons. The standard InChI is InChI=1S/C29H32Cl2N2O2S/c1-3-21(2)32-29(35)27(17-22-7-5-4-6-8-22)33(18-23-9-13-25(30)14-10-23)28(34)20-36-19-24-11-15-26(31)16-12-24/h4-16,21,27H,3,17-20H2,1-2H3,(H,32,35). The van der Waals surface area contributed by atoms with E-state index >= 15 is 0 Å². The van der Waals surface area contributed by atoms with Gasteiger partial charge in [-0.2, -0.15) is 0 Å². The van der Waals surface area contributed by atoms with Crippen molar-refractivity contribution in [1.82, 2.24) is 10.2 Å². The number of nitrogens with zero attached hydrogens (tertiary/aromatic N) is 1. The number of thioether (sulfide) groups is 1. The number of carbonyl (C=O) groups excluding carboxylic acids is 2. The third kappa shape index (κ3) is 8.88. The molecule has 2 unspecified atom stereocenters. The highest BCUT2D eigenvalue weighted by atomic mass is 35.5. The fraction of sp³-hybridized carbons (Fsp3) is 0.310. The zero-order valence-electron chi connectivity index (χ0n) is 20.6. The van der Waals surface area contributed by atoms with Gasteiger partial charge >= 0.3 is 0 Å². The summed E-state index contributed by atoms with van der Waals surface area (Å²) in [5.74, 6) is 0.723. The van der Waals surface area contributed by atoms with E-state index in [1.165, 1.54) is 11.8 Å². The van der Waals surface area contributed by atoms with Crippen LogP contribution in [0.1, 0.15) is 37.0 Å². The van der Waals surface area contributed by atoms with Gasteiger partial charge in [-0.3, -0.25) is 9.59 Å².